The molecule has 1 N–H and O–H groups in total. The number of azo groups is 1. The van der Waals surface area contributed by atoms with E-state index in [-0.39, 0.29) is 19.4 Å². The van der Waals surface area contributed by atoms with Crippen molar-refractivity contribution in [1.82, 2.24) is 5.32 Å². The summed E-state index contributed by atoms with van der Waals surface area (Å²) in [6.07, 6.45) is -0.0374. The fourth-order valence-corrected chi connectivity index (χ4v) is 2.54. The van der Waals surface area contributed by atoms with Crippen molar-refractivity contribution in [3.63, 3.8) is 0 Å². The van der Waals surface area contributed by atoms with Crippen LogP contribution in [-0.2, 0) is 30.3 Å². The van der Waals surface area contributed by atoms with Crippen molar-refractivity contribution in [2.45, 2.75) is 18.5 Å². The van der Waals surface area contributed by atoms with E-state index in [1.54, 1.807) is 12.1 Å². The maximum absolute atomic E-state index is 12.4. The Kier molecular flexibility index (Phi) is 5.62. The predicted molar refractivity (Wildman–Crippen MR) is 82.9 cm³/mol. The first-order valence-electron chi connectivity index (χ1n) is 7.40. The van der Waals surface area contributed by atoms with Crippen molar-refractivity contribution < 1.29 is 23.9 Å². The minimum atomic E-state index is -1.70. The Labute approximate surface area is 139 Å². The van der Waals surface area contributed by atoms with E-state index >= 15 is 0 Å². The minimum absolute atomic E-state index is 0.0695. The average Bonchev–Trinajstić information content (AvgIpc) is 2.98. The van der Waals surface area contributed by atoms with Gasteiger partial charge in [0.1, 0.15) is 0 Å². The number of methoxy groups -OCH3 is 2. The second-order valence-electron chi connectivity index (χ2n) is 5.37. The quantitative estimate of drug-likeness (QED) is 0.777. The lowest BCUT2D eigenvalue weighted by Crippen LogP contribution is -2.58. The molecule has 1 aromatic rings. The maximum Gasteiger partial charge on any atom is 0.356 e. The summed E-state index contributed by atoms with van der Waals surface area (Å²) in [6, 6.07) is 9.07. The molecule has 0 spiro atoms. The SMILES string of the molecule is COC(=O)C[C@H]1CN=N[C@@]1(NC(=O)Cc1ccccc1)C(=O)OC. The van der Waals surface area contributed by atoms with E-state index in [2.05, 4.69) is 20.3 Å². The second-order valence-corrected chi connectivity index (χ2v) is 5.37. The number of amides is 1. The van der Waals surface area contributed by atoms with Crippen LogP contribution < -0.4 is 5.32 Å². The van der Waals surface area contributed by atoms with Gasteiger partial charge in [0.25, 0.3) is 5.66 Å². The third-order valence-electron chi connectivity index (χ3n) is 3.80. The number of carbonyl (C=O) groups is 3. The van der Waals surface area contributed by atoms with Gasteiger partial charge < -0.3 is 14.8 Å². The summed E-state index contributed by atoms with van der Waals surface area (Å²) >= 11 is 0. The van der Waals surface area contributed by atoms with Gasteiger partial charge in [-0.25, -0.2) is 4.79 Å². The highest BCUT2D eigenvalue weighted by Gasteiger charge is 2.52. The summed E-state index contributed by atoms with van der Waals surface area (Å²) < 4.78 is 9.41. The Hall–Kier alpha value is -2.77. The number of ether oxygens (including phenoxy) is 2. The fraction of sp³-hybridized carbons (Fsp3) is 0.438. The highest BCUT2D eigenvalue weighted by molar-refractivity contribution is 5.89. The van der Waals surface area contributed by atoms with E-state index in [0.717, 1.165) is 5.56 Å². The molecule has 24 heavy (non-hydrogen) atoms. The number of esters is 2. The summed E-state index contributed by atoms with van der Waals surface area (Å²) in [7, 11) is 2.44. The molecule has 1 aliphatic rings. The van der Waals surface area contributed by atoms with Gasteiger partial charge in [0.2, 0.25) is 5.91 Å². The van der Waals surface area contributed by atoms with Crippen LogP contribution >= 0.6 is 0 Å². The third kappa shape index (κ3) is 3.76. The molecule has 1 aliphatic heterocycles. The molecule has 2 atom stereocenters. The van der Waals surface area contributed by atoms with Gasteiger partial charge in [-0.3, -0.25) is 9.59 Å². The number of hydrogen-bond donors (Lipinski definition) is 1. The van der Waals surface area contributed by atoms with E-state index in [4.69, 9.17) is 4.74 Å². The number of benzene rings is 1. The molecule has 0 fully saturated rings. The van der Waals surface area contributed by atoms with Crippen LogP contribution in [0.15, 0.2) is 40.6 Å². The number of rotatable bonds is 6. The Morgan fingerprint density at radius 3 is 2.54 bits per heavy atom. The zero-order valence-corrected chi connectivity index (χ0v) is 13.5. The lowest BCUT2D eigenvalue weighted by molar-refractivity contribution is -0.154. The fourth-order valence-electron chi connectivity index (χ4n) is 2.54. The molecule has 0 radical (unpaired) electrons. The lowest BCUT2D eigenvalue weighted by Gasteiger charge is -2.29. The van der Waals surface area contributed by atoms with Gasteiger partial charge in [-0.2, -0.15) is 10.2 Å². The summed E-state index contributed by atoms with van der Waals surface area (Å²) in [5.41, 5.74) is -0.913. The van der Waals surface area contributed by atoms with Crippen molar-refractivity contribution in [2.75, 3.05) is 20.8 Å². The molecule has 2 rings (SSSR count). The zero-order chi connectivity index (χ0) is 17.6. The molecule has 1 amide bonds. The first-order chi connectivity index (χ1) is 11.5. The molecule has 128 valence electrons. The van der Waals surface area contributed by atoms with Crippen LogP contribution in [0.25, 0.3) is 0 Å². The second kappa shape index (κ2) is 7.67. The van der Waals surface area contributed by atoms with Crippen LogP contribution in [-0.4, -0.2) is 44.3 Å². The van der Waals surface area contributed by atoms with Crippen LogP contribution in [0.1, 0.15) is 12.0 Å². The summed E-state index contributed by atoms with van der Waals surface area (Å²) in [5, 5.41) is 10.3. The van der Waals surface area contributed by atoms with Crippen molar-refractivity contribution in [1.29, 1.82) is 0 Å². The van der Waals surface area contributed by atoms with Crippen molar-refractivity contribution >= 4 is 17.8 Å². The standard InChI is InChI=1S/C16H19N3O5/c1-23-14(21)9-12-10-17-19-16(12,15(22)24-2)18-13(20)8-11-6-4-3-5-7-11/h3-7,12H,8-10H2,1-2H3,(H,18,20)/t12-,16+/m0/s1. The van der Waals surface area contributed by atoms with E-state index < -0.39 is 29.4 Å². The normalized spacial score (nSPS) is 22.0. The van der Waals surface area contributed by atoms with Crippen LogP contribution in [0.3, 0.4) is 0 Å². The van der Waals surface area contributed by atoms with Crippen LogP contribution in [0, 0.1) is 5.92 Å². The largest absolute Gasteiger partial charge is 0.469 e. The van der Waals surface area contributed by atoms with Crippen molar-refractivity contribution in [2.24, 2.45) is 16.1 Å². The summed E-state index contributed by atoms with van der Waals surface area (Å²) in [4.78, 5) is 36.2. The molecule has 1 aromatic carbocycles. The molecule has 0 unspecified atom stereocenters. The lowest BCUT2D eigenvalue weighted by atomic mass is 9.90. The Bertz CT molecular complexity index is 646. The van der Waals surface area contributed by atoms with E-state index in [1.807, 2.05) is 18.2 Å². The van der Waals surface area contributed by atoms with Crippen LogP contribution in [0.5, 0.6) is 0 Å². The van der Waals surface area contributed by atoms with Gasteiger partial charge in [-0.15, -0.1) is 0 Å². The van der Waals surface area contributed by atoms with Crippen LogP contribution in [0.4, 0.5) is 0 Å². The number of hydrogen-bond acceptors (Lipinski definition) is 7. The van der Waals surface area contributed by atoms with Gasteiger partial charge in [0.05, 0.1) is 33.6 Å². The van der Waals surface area contributed by atoms with E-state index in [1.165, 1.54) is 14.2 Å². The number of nitrogens with one attached hydrogen (secondary N) is 1. The van der Waals surface area contributed by atoms with Gasteiger partial charge in [-0.05, 0) is 5.56 Å². The molecule has 0 saturated carbocycles. The summed E-state index contributed by atoms with van der Waals surface area (Å²) in [6.45, 7) is 0.121. The molecule has 0 aliphatic carbocycles. The number of carbonyl (C=O) groups excluding carboxylic acids is 3. The molecule has 1 heterocycles. The third-order valence-corrected chi connectivity index (χ3v) is 3.80. The zero-order valence-electron chi connectivity index (χ0n) is 13.5. The van der Waals surface area contributed by atoms with Gasteiger partial charge in [0.15, 0.2) is 0 Å². The maximum atomic E-state index is 12.4. The highest BCUT2D eigenvalue weighted by atomic mass is 16.5. The number of nitrogens with zero attached hydrogens (tertiary/aromatic N) is 2. The topological polar surface area (TPSA) is 106 Å². The van der Waals surface area contributed by atoms with Crippen molar-refractivity contribution in [3.8, 4) is 0 Å². The molecular formula is C16H19N3O5. The van der Waals surface area contributed by atoms with E-state index in [9.17, 15) is 14.4 Å². The molecule has 8 heteroatoms. The molecule has 0 saturated heterocycles. The van der Waals surface area contributed by atoms with Gasteiger partial charge in [-0.1, -0.05) is 30.3 Å². The Balaban J connectivity index is 2.18. The van der Waals surface area contributed by atoms with E-state index in [0.29, 0.717) is 0 Å². The Morgan fingerprint density at radius 2 is 1.92 bits per heavy atom. The predicted octanol–water partition coefficient (Wildman–Crippen LogP) is 0.860. The van der Waals surface area contributed by atoms with Gasteiger partial charge >= 0.3 is 11.9 Å². The molecule has 8 nitrogen and oxygen atoms in total. The van der Waals surface area contributed by atoms with Gasteiger partial charge in [0, 0.05) is 5.92 Å². The van der Waals surface area contributed by atoms with Crippen molar-refractivity contribution in [3.05, 3.63) is 35.9 Å². The Morgan fingerprint density at radius 1 is 1.21 bits per heavy atom. The highest BCUT2D eigenvalue weighted by Crippen LogP contribution is 2.31. The monoisotopic (exact) mass is 333 g/mol. The average molecular weight is 333 g/mol. The first kappa shape index (κ1) is 17.6. The van der Waals surface area contributed by atoms with Crippen LogP contribution in [0.2, 0.25) is 0 Å². The minimum Gasteiger partial charge on any atom is -0.469 e. The molecule has 0 bridgehead atoms. The molecule has 0 aromatic heterocycles. The molecular weight excluding hydrogens is 314 g/mol. The first-order valence-corrected chi connectivity index (χ1v) is 7.40. The smallest absolute Gasteiger partial charge is 0.356 e. The summed E-state index contributed by atoms with van der Waals surface area (Å²) in [5.74, 6) is -2.35.